The number of hydrogen-bond donors (Lipinski definition) is 1. The maximum absolute atomic E-state index is 14.1. The summed E-state index contributed by atoms with van der Waals surface area (Å²) in [6.45, 7) is 13.5. The van der Waals surface area contributed by atoms with Gasteiger partial charge in [-0.1, -0.05) is 42.3 Å². The van der Waals surface area contributed by atoms with Crippen LogP contribution in [-0.4, -0.2) is 87.1 Å². The summed E-state index contributed by atoms with van der Waals surface area (Å²) in [5, 5.41) is 10.3. The zero-order valence-electron chi connectivity index (χ0n) is 20.2. The topological polar surface area (TPSA) is 96.4 Å². The van der Waals surface area contributed by atoms with E-state index in [1.54, 1.807) is 17.9 Å². The van der Waals surface area contributed by atoms with E-state index in [1.807, 2.05) is 27.7 Å². The van der Waals surface area contributed by atoms with Crippen molar-refractivity contribution in [1.29, 1.82) is 0 Å². The van der Waals surface area contributed by atoms with Crippen molar-refractivity contribution in [2.75, 3.05) is 19.8 Å². The lowest BCUT2D eigenvalue weighted by Gasteiger charge is -2.41. The lowest BCUT2D eigenvalue weighted by molar-refractivity contribution is -0.157. The third-order valence-corrected chi connectivity index (χ3v) is 8.44. The Morgan fingerprint density at radius 3 is 2.58 bits per heavy atom. The van der Waals surface area contributed by atoms with Gasteiger partial charge in [0.15, 0.2) is 0 Å². The lowest BCUT2D eigenvalue weighted by Crippen LogP contribution is -2.60. The van der Waals surface area contributed by atoms with E-state index in [4.69, 9.17) is 9.47 Å². The summed E-state index contributed by atoms with van der Waals surface area (Å²) in [6.07, 6.45) is 2.27. The van der Waals surface area contributed by atoms with E-state index in [-0.39, 0.29) is 41.8 Å². The molecule has 186 valence electrons. The Morgan fingerprint density at radius 1 is 1.39 bits per heavy atom. The SMILES string of the molecule is C=CCN(C(=O)[C@@H]1N([C@@H](CO)[C@@H](C)CC)C(=O)[C@H]2[C@H](C(=O)OCC)[C@H]3O[C@@]12CC3Br)C(C)C. The van der Waals surface area contributed by atoms with E-state index < -0.39 is 41.6 Å². The van der Waals surface area contributed by atoms with Gasteiger partial charge in [-0.3, -0.25) is 14.4 Å². The maximum atomic E-state index is 14.1. The molecule has 0 aromatic heterocycles. The Hall–Kier alpha value is -1.45. The number of ether oxygens (including phenoxy) is 2. The first-order valence-corrected chi connectivity index (χ1v) is 12.9. The number of rotatable bonds is 10. The Kier molecular flexibility index (Phi) is 7.96. The van der Waals surface area contributed by atoms with Crippen molar-refractivity contribution >= 4 is 33.7 Å². The number of halogens is 1. The quantitative estimate of drug-likeness (QED) is 0.265. The Bertz CT molecular complexity index is 791. The van der Waals surface area contributed by atoms with Crippen LogP contribution in [0.15, 0.2) is 12.7 Å². The minimum atomic E-state index is -1.15. The van der Waals surface area contributed by atoms with Crippen molar-refractivity contribution in [3.8, 4) is 0 Å². The van der Waals surface area contributed by atoms with Crippen LogP contribution in [0.2, 0.25) is 0 Å². The number of carbonyl (C=O) groups is 3. The zero-order chi connectivity index (χ0) is 24.7. The van der Waals surface area contributed by atoms with Gasteiger partial charge >= 0.3 is 5.97 Å². The highest BCUT2D eigenvalue weighted by molar-refractivity contribution is 9.09. The highest BCUT2D eigenvalue weighted by Crippen LogP contribution is 2.61. The molecule has 3 heterocycles. The van der Waals surface area contributed by atoms with Crippen LogP contribution in [0.4, 0.5) is 0 Å². The van der Waals surface area contributed by atoms with Crippen molar-refractivity contribution < 1.29 is 29.0 Å². The highest BCUT2D eigenvalue weighted by atomic mass is 79.9. The standard InChI is InChI=1S/C24H37BrN2O6/c1-7-10-26(13(4)5)22(30)20-24-11-15(25)19(33-24)17(23(31)32-9-3)18(24)21(29)27(20)16(12-28)14(6)8-2/h7,13-20,28H,1,8-12H2,2-6H3/t14-,15?,16-,17-,18+,19-,20-,24+/m0/s1. The largest absolute Gasteiger partial charge is 0.466 e. The van der Waals surface area contributed by atoms with Crippen LogP contribution >= 0.6 is 15.9 Å². The summed E-state index contributed by atoms with van der Waals surface area (Å²) in [4.78, 5) is 44.1. The van der Waals surface area contributed by atoms with Gasteiger partial charge in [0.2, 0.25) is 11.8 Å². The van der Waals surface area contributed by atoms with Crippen molar-refractivity contribution in [1.82, 2.24) is 9.80 Å². The molecule has 0 aromatic rings. The van der Waals surface area contributed by atoms with Gasteiger partial charge in [0.25, 0.3) is 0 Å². The number of hydrogen-bond acceptors (Lipinski definition) is 6. The van der Waals surface area contributed by atoms with Crippen molar-refractivity contribution in [3.05, 3.63) is 12.7 Å². The number of fused-ring (bicyclic) bond motifs is 1. The first-order chi connectivity index (χ1) is 15.6. The maximum Gasteiger partial charge on any atom is 0.312 e. The second kappa shape index (κ2) is 10.0. The minimum absolute atomic E-state index is 0.0469. The van der Waals surface area contributed by atoms with Crippen LogP contribution in [0.5, 0.6) is 0 Å². The molecular formula is C24H37BrN2O6. The molecule has 0 aliphatic carbocycles. The van der Waals surface area contributed by atoms with E-state index in [9.17, 15) is 19.5 Å². The fraction of sp³-hybridized carbons (Fsp3) is 0.792. The number of likely N-dealkylation sites (tertiary alicyclic amines) is 1. The van der Waals surface area contributed by atoms with Crippen LogP contribution in [0.3, 0.4) is 0 Å². The summed E-state index contributed by atoms with van der Waals surface area (Å²) >= 11 is 3.64. The molecule has 3 aliphatic rings. The number of nitrogens with zero attached hydrogens (tertiary/aromatic N) is 2. The summed E-state index contributed by atoms with van der Waals surface area (Å²) < 4.78 is 11.8. The van der Waals surface area contributed by atoms with Gasteiger partial charge in [-0.2, -0.15) is 0 Å². The van der Waals surface area contributed by atoms with Gasteiger partial charge in [-0.25, -0.2) is 0 Å². The fourth-order valence-electron chi connectivity index (χ4n) is 5.88. The Labute approximate surface area is 204 Å². The summed E-state index contributed by atoms with van der Waals surface area (Å²) in [5.41, 5.74) is -1.15. The van der Waals surface area contributed by atoms with E-state index >= 15 is 0 Å². The molecule has 3 saturated heterocycles. The number of amides is 2. The van der Waals surface area contributed by atoms with Gasteiger partial charge in [0.1, 0.15) is 11.6 Å². The molecule has 3 fully saturated rings. The molecule has 33 heavy (non-hydrogen) atoms. The average Bonchev–Trinajstić information content (AvgIpc) is 3.36. The van der Waals surface area contributed by atoms with E-state index in [2.05, 4.69) is 22.5 Å². The van der Waals surface area contributed by atoms with Crippen LogP contribution in [0.25, 0.3) is 0 Å². The molecular weight excluding hydrogens is 492 g/mol. The van der Waals surface area contributed by atoms with Crippen LogP contribution < -0.4 is 0 Å². The van der Waals surface area contributed by atoms with Gasteiger partial charge < -0.3 is 24.4 Å². The Balaban J connectivity index is 2.16. The molecule has 0 saturated carbocycles. The average molecular weight is 529 g/mol. The molecule has 2 bridgehead atoms. The number of carbonyl (C=O) groups excluding carboxylic acids is 3. The molecule has 3 aliphatic heterocycles. The minimum Gasteiger partial charge on any atom is -0.466 e. The highest BCUT2D eigenvalue weighted by Gasteiger charge is 2.77. The summed E-state index contributed by atoms with van der Waals surface area (Å²) in [6, 6.07) is -1.63. The molecule has 2 amide bonds. The molecule has 1 spiro atoms. The first-order valence-electron chi connectivity index (χ1n) is 11.9. The number of esters is 1. The molecule has 1 N–H and O–H groups in total. The second-order valence-electron chi connectivity index (χ2n) is 9.67. The lowest BCUT2D eigenvalue weighted by atomic mass is 9.70. The number of aliphatic hydroxyl groups excluding tert-OH is 1. The van der Waals surface area contributed by atoms with Crippen LogP contribution in [-0.2, 0) is 23.9 Å². The zero-order valence-corrected chi connectivity index (χ0v) is 21.8. The monoisotopic (exact) mass is 528 g/mol. The van der Waals surface area contributed by atoms with Crippen molar-refractivity contribution in [2.45, 2.75) is 82.1 Å². The summed E-state index contributed by atoms with van der Waals surface area (Å²) in [7, 11) is 0. The van der Waals surface area contributed by atoms with Crippen LogP contribution in [0.1, 0.15) is 47.5 Å². The first kappa shape index (κ1) is 26.2. The van der Waals surface area contributed by atoms with Crippen LogP contribution in [0, 0.1) is 17.8 Å². The third-order valence-electron chi connectivity index (χ3n) is 7.60. The number of alkyl halides is 1. The van der Waals surface area contributed by atoms with Crippen molar-refractivity contribution in [3.63, 3.8) is 0 Å². The predicted octanol–water partition coefficient (Wildman–Crippen LogP) is 2.13. The second-order valence-corrected chi connectivity index (χ2v) is 10.8. The van der Waals surface area contributed by atoms with Gasteiger partial charge in [0, 0.05) is 17.4 Å². The molecule has 3 rings (SSSR count). The number of aliphatic hydroxyl groups is 1. The molecule has 8 nitrogen and oxygen atoms in total. The fourth-order valence-corrected chi connectivity index (χ4v) is 6.82. The molecule has 8 atom stereocenters. The smallest absolute Gasteiger partial charge is 0.312 e. The predicted molar refractivity (Wildman–Crippen MR) is 127 cm³/mol. The van der Waals surface area contributed by atoms with E-state index in [0.717, 1.165) is 6.42 Å². The summed E-state index contributed by atoms with van der Waals surface area (Å²) in [5.74, 6) is -2.69. The molecule has 9 heteroatoms. The van der Waals surface area contributed by atoms with E-state index in [0.29, 0.717) is 13.0 Å². The van der Waals surface area contributed by atoms with Gasteiger partial charge in [0.05, 0.1) is 37.2 Å². The molecule has 1 unspecified atom stereocenters. The van der Waals surface area contributed by atoms with E-state index in [1.165, 1.54) is 4.90 Å². The molecule has 0 aromatic carbocycles. The molecule has 0 radical (unpaired) electrons. The normalized spacial score (nSPS) is 34.4. The van der Waals surface area contributed by atoms with Gasteiger partial charge in [-0.15, -0.1) is 6.58 Å². The third kappa shape index (κ3) is 4.04. The Morgan fingerprint density at radius 2 is 2.06 bits per heavy atom. The van der Waals surface area contributed by atoms with Gasteiger partial charge in [-0.05, 0) is 33.1 Å². The van der Waals surface area contributed by atoms with Crippen molar-refractivity contribution in [2.24, 2.45) is 17.8 Å².